The van der Waals surface area contributed by atoms with Crippen LogP contribution < -0.4 is 9.47 Å². The highest BCUT2D eigenvalue weighted by molar-refractivity contribution is 5.51. The van der Waals surface area contributed by atoms with E-state index in [4.69, 9.17) is 4.74 Å². The first-order valence-electron chi connectivity index (χ1n) is 5.42. The van der Waals surface area contributed by atoms with Crippen molar-refractivity contribution in [3.8, 4) is 23.3 Å². The van der Waals surface area contributed by atoms with Gasteiger partial charge in [-0.1, -0.05) is 0 Å². The first kappa shape index (κ1) is 14.9. The zero-order valence-electron chi connectivity index (χ0n) is 10.8. The van der Waals surface area contributed by atoms with Crippen LogP contribution in [0, 0.1) is 5.95 Å². The largest absolute Gasteiger partial charge is 0.481 e. The molecule has 10 heteroatoms. The van der Waals surface area contributed by atoms with Gasteiger partial charge < -0.3 is 9.47 Å². The number of halogens is 4. The molecule has 112 valence electrons. The van der Waals surface area contributed by atoms with Crippen LogP contribution >= 0.6 is 0 Å². The summed E-state index contributed by atoms with van der Waals surface area (Å²) in [6, 6.07) is 1.25. The molecular weight excluding hydrogens is 296 g/mol. The molecule has 0 bridgehead atoms. The molecule has 0 aliphatic rings. The maximum Gasteiger partial charge on any atom is 0.426 e. The van der Waals surface area contributed by atoms with Gasteiger partial charge in [-0.2, -0.15) is 27.5 Å². The second-order valence-corrected chi connectivity index (χ2v) is 3.67. The van der Waals surface area contributed by atoms with Gasteiger partial charge in [0.2, 0.25) is 17.7 Å². The highest BCUT2D eigenvalue weighted by atomic mass is 19.4. The predicted molar refractivity (Wildman–Crippen MR) is 61.1 cm³/mol. The molecule has 0 fully saturated rings. The minimum atomic E-state index is -4.97. The minimum absolute atomic E-state index is 0.00669. The Hall–Kier alpha value is -2.52. The number of ether oxygens (including phenoxy) is 2. The van der Waals surface area contributed by atoms with Crippen molar-refractivity contribution in [3.05, 3.63) is 23.9 Å². The Kier molecular flexibility index (Phi) is 3.87. The van der Waals surface area contributed by atoms with Crippen LogP contribution in [0.2, 0.25) is 0 Å². The Morgan fingerprint density at radius 2 is 1.76 bits per heavy atom. The van der Waals surface area contributed by atoms with Crippen LogP contribution in [0.1, 0.15) is 5.56 Å². The molecule has 0 aliphatic carbocycles. The lowest BCUT2D eigenvalue weighted by molar-refractivity contribution is -0.142. The van der Waals surface area contributed by atoms with E-state index in [0.29, 0.717) is 0 Å². The van der Waals surface area contributed by atoms with E-state index in [1.807, 2.05) is 0 Å². The van der Waals surface area contributed by atoms with Gasteiger partial charge in [-0.3, -0.25) is 0 Å². The molecular formula is C11H8F4N4O2. The fourth-order valence-electron chi connectivity index (χ4n) is 1.49. The summed E-state index contributed by atoms with van der Waals surface area (Å²) in [5.41, 5.74) is -1.68. The number of aromatic nitrogens is 4. The number of hydrogen-bond acceptors (Lipinski definition) is 6. The fraction of sp³-hybridized carbons (Fsp3) is 0.273. The third kappa shape index (κ3) is 2.98. The van der Waals surface area contributed by atoms with Gasteiger partial charge in [0.15, 0.2) is 11.4 Å². The lowest BCUT2D eigenvalue weighted by Crippen LogP contribution is -2.14. The van der Waals surface area contributed by atoms with Crippen molar-refractivity contribution in [2.75, 3.05) is 14.2 Å². The topological polar surface area (TPSA) is 70.0 Å². The third-order valence-electron chi connectivity index (χ3n) is 2.39. The van der Waals surface area contributed by atoms with Gasteiger partial charge in [-0.05, 0) is 0 Å². The fourth-order valence-corrected chi connectivity index (χ4v) is 1.49. The molecule has 2 rings (SSSR count). The van der Waals surface area contributed by atoms with Crippen LogP contribution in [0.15, 0.2) is 12.4 Å². The van der Waals surface area contributed by atoms with E-state index >= 15 is 0 Å². The highest BCUT2D eigenvalue weighted by Gasteiger charge is 2.40. The molecule has 0 radical (unpaired) electrons. The summed E-state index contributed by atoms with van der Waals surface area (Å²) < 4.78 is 61.1. The Bertz CT molecular complexity index is 663. The first-order chi connectivity index (χ1) is 9.86. The van der Waals surface area contributed by atoms with E-state index in [-0.39, 0.29) is 17.4 Å². The SMILES string of the molecule is COc1cc(-c2nc(F)c(C(F)(F)F)c(OC)n2)ncn1. The number of rotatable bonds is 3. The molecule has 0 unspecified atom stereocenters. The van der Waals surface area contributed by atoms with Gasteiger partial charge >= 0.3 is 6.18 Å². The van der Waals surface area contributed by atoms with Crippen molar-refractivity contribution in [2.45, 2.75) is 6.18 Å². The monoisotopic (exact) mass is 304 g/mol. The maximum absolute atomic E-state index is 13.6. The quantitative estimate of drug-likeness (QED) is 0.639. The Morgan fingerprint density at radius 3 is 2.33 bits per heavy atom. The summed E-state index contributed by atoms with van der Waals surface area (Å²) in [5, 5.41) is 0. The zero-order valence-corrected chi connectivity index (χ0v) is 10.8. The van der Waals surface area contributed by atoms with E-state index < -0.39 is 23.6 Å². The third-order valence-corrected chi connectivity index (χ3v) is 2.39. The molecule has 0 saturated carbocycles. The molecule has 0 aromatic carbocycles. The van der Waals surface area contributed by atoms with Crippen LogP contribution in [-0.4, -0.2) is 34.2 Å². The lowest BCUT2D eigenvalue weighted by Gasteiger charge is -2.12. The number of methoxy groups -OCH3 is 2. The Labute approximate surface area is 115 Å². The Balaban J connectivity index is 2.59. The summed E-state index contributed by atoms with van der Waals surface area (Å²) in [4.78, 5) is 14.2. The molecule has 21 heavy (non-hydrogen) atoms. The summed E-state index contributed by atoms with van der Waals surface area (Å²) in [6.45, 7) is 0. The van der Waals surface area contributed by atoms with E-state index in [9.17, 15) is 17.6 Å². The molecule has 6 nitrogen and oxygen atoms in total. The van der Waals surface area contributed by atoms with Crippen LogP contribution in [0.4, 0.5) is 17.6 Å². The summed E-state index contributed by atoms with van der Waals surface area (Å²) >= 11 is 0. The van der Waals surface area contributed by atoms with E-state index in [1.165, 1.54) is 13.2 Å². The van der Waals surface area contributed by atoms with Crippen molar-refractivity contribution in [1.82, 2.24) is 19.9 Å². The number of alkyl halides is 3. The molecule has 0 N–H and O–H groups in total. The van der Waals surface area contributed by atoms with Crippen molar-refractivity contribution in [3.63, 3.8) is 0 Å². The average molecular weight is 304 g/mol. The van der Waals surface area contributed by atoms with Gasteiger partial charge in [0, 0.05) is 6.07 Å². The van der Waals surface area contributed by atoms with Crippen molar-refractivity contribution in [1.29, 1.82) is 0 Å². The number of nitrogens with zero attached hydrogens (tertiary/aromatic N) is 4. The summed E-state index contributed by atoms with van der Waals surface area (Å²) in [7, 11) is 2.28. The predicted octanol–water partition coefficient (Wildman–Crippen LogP) is 2.11. The van der Waals surface area contributed by atoms with Gasteiger partial charge in [0.1, 0.15) is 12.0 Å². The molecule has 0 atom stereocenters. The van der Waals surface area contributed by atoms with Gasteiger partial charge in [0.05, 0.1) is 14.2 Å². The van der Waals surface area contributed by atoms with E-state index in [0.717, 1.165) is 13.4 Å². The van der Waals surface area contributed by atoms with Crippen LogP contribution in [0.25, 0.3) is 11.5 Å². The molecule has 0 saturated heterocycles. The first-order valence-corrected chi connectivity index (χ1v) is 5.42. The van der Waals surface area contributed by atoms with Gasteiger partial charge in [0.25, 0.3) is 0 Å². The minimum Gasteiger partial charge on any atom is -0.481 e. The van der Waals surface area contributed by atoms with Gasteiger partial charge in [-0.25, -0.2) is 9.97 Å². The summed E-state index contributed by atoms with van der Waals surface area (Å²) in [6.07, 6.45) is -3.89. The highest BCUT2D eigenvalue weighted by Crippen LogP contribution is 2.37. The smallest absolute Gasteiger partial charge is 0.426 e. The lowest BCUT2D eigenvalue weighted by atomic mass is 10.3. The van der Waals surface area contributed by atoms with Crippen molar-refractivity contribution in [2.24, 2.45) is 0 Å². The normalized spacial score (nSPS) is 11.3. The number of hydrogen-bond donors (Lipinski definition) is 0. The van der Waals surface area contributed by atoms with E-state index in [1.54, 1.807) is 0 Å². The zero-order chi connectivity index (χ0) is 15.6. The van der Waals surface area contributed by atoms with Gasteiger partial charge in [-0.15, -0.1) is 0 Å². The molecule has 2 aromatic heterocycles. The van der Waals surface area contributed by atoms with Crippen LogP contribution in [0.3, 0.4) is 0 Å². The second kappa shape index (κ2) is 5.46. The second-order valence-electron chi connectivity index (χ2n) is 3.67. The molecule has 2 aromatic rings. The average Bonchev–Trinajstić information content (AvgIpc) is 2.45. The van der Waals surface area contributed by atoms with Crippen LogP contribution in [0.5, 0.6) is 11.8 Å². The molecule has 0 aliphatic heterocycles. The summed E-state index contributed by atoms with van der Waals surface area (Å²) in [5.74, 6) is -2.93. The maximum atomic E-state index is 13.6. The Morgan fingerprint density at radius 1 is 1.05 bits per heavy atom. The van der Waals surface area contributed by atoms with Crippen LogP contribution in [-0.2, 0) is 6.18 Å². The molecule has 0 amide bonds. The standard InChI is InChI=1S/C11H8F4N4O2/c1-20-6-3-5(16-4-17-6)9-18-8(12)7(11(13,14)15)10(19-9)21-2/h3-4H,1-2H3. The molecule has 0 spiro atoms. The molecule has 2 heterocycles. The van der Waals surface area contributed by atoms with Crippen molar-refractivity contribution >= 4 is 0 Å². The van der Waals surface area contributed by atoms with Crippen molar-refractivity contribution < 1.29 is 27.0 Å². The van der Waals surface area contributed by atoms with E-state index in [2.05, 4.69) is 24.7 Å².